The summed E-state index contributed by atoms with van der Waals surface area (Å²) in [7, 11) is 1.68. The Kier molecular flexibility index (Phi) is 8.26. The maximum atomic E-state index is 12.9. The number of hydrazine groups is 1. The molecule has 0 bridgehead atoms. The van der Waals surface area contributed by atoms with Gasteiger partial charge in [-0.15, -0.1) is 0 Å². The first-order valence-electron chi connectivity index (χ1n) is 12.2. The van der Waals surface area contributed by atoms with Crippen LogP contribution in [-0.2, 0) is 0 Å². The van der Waals surface area contributed by atoms with Crippen LogP contribution in [-0.4, -0.2) is 56.4 Å². The van der Waals surface area contributed by atoms with E-state index < -0.39 is 0 Å². The van der Waals surface area contributed by atoms with Crippen LogP contribution < -0.4 is 30.4 Å². The summed E-state index contributed by atoms with van der Waals surface area (Å²) in [6.07, 6.45) is 3.12. The van der Waals surface area contributed by atoms with Gasteiger partial charge in [-0.25, -0.2) is 10.9 Å². The molecule has 8 heteroatoms. The SMILES string of the molecule is CCOc1ccc(C(=O)NC2CCN(C3CC(c4ccc(OC)cc4)NN3)CC2)cc1OCC. The first-order valence-corrected chi connectivity index (χ1v) is 12.2. The molecular formula is C26H36N4O4. The minimum absolute atomic E-state index is 0.0670. The second-order valence-electron chi connectivity index (χ2n) is 8.68. The fourth-order valence-electron chi connectivity index (χ4n) is 4.65. The van der Waals surface area contributed by atoms with Crippen molar-refractivity contribution in [2.45, 2.75) is 51.4 Å². The largest absolute Gasteiger partial charge is 0.497 e. The number of piperidine rings is 1. The van der Waals surface area contributed by atoms with Gasteiger partial charge in [0.25, 0.3) is 5.91 Å². The molecule has 0 saturated carbocycles. The summed E-state index contributed by atoms with van der Waals surface area (Å²) in [6, 6.07) is 14.0. The highest BCUT2D eigenvalue weighted by Crippen LogP contribution is 2.29. The molecule has 4 rings (SSSR count). The number of carbonyl (C=O) groups excluding carboxylic acids is 1. The number of carbonyl (C=O) groups is 1. The Morgan fingerprint density at radius 3 is 2.38 bits per heavy atom. The molecule has 2 aromatic carbocycles. The van der Waals surface area contributed by atoms with Gasteiger partial charge in [0.05, 0.1) is 26.5 Å². The van der Waals surface area contributed by atoms with Gasteiger partial charge in [0.1, 0.15) is 5.75 Å². The summed E-state index contributed by atoms with van der Waals surface area (Å²) in [4.78, 5) is 15.3. The number of hydrogen-bond acceptors (Lipinski definition) is 7. The number of hydrogen-bond donors (Lipinski definition) is 3. The van der Waals surface area contributed by atoms with Crippen LogP contribution in [0.4, 0.5) is 0 Å². The van der Waals surface area contributed by atoms with E-state index in [1.165, 1.54) is 5.56 Å². The maximum absolute atomic E-state index is 12.9. The maximum Gasteiger partial charge on any atom is 0.251 e. The van der Waals surface area contributed by atoms with Crippen molar-refractivity contribution in [1.29, 1.82) is 0 Å². The lowest BCUT2D eigenvalue weighted by Crippen LogP contribution is -2.51. The van der Waals surface area contributed by atoms with Crippen LogP contribution in [0.25, 0.3) is 0 Å². The summed E-state index contributed by atoms with van der Waals surface area (Å²) in [5.74, 6) is 2.08. The Hall–Kier alpha value is -2.81. The number of amides is 1. The van der Waals surface area contributed by atoms with Crippen LogP contribution in [0.2, 0.25) is 0 Å². The minimum Gasteiger partial charge on any atom is -0.497 e. The van der Waals surface area contributed by atoms with Gasteiger partial charge in [0, 0.05) is 30.7 Å². The number of rotatable bonds is 9. The van der Waals surface area contributed by atoms with Gasteiger partial charge in [-0.3, -0.25) is 9.69 Å². The number of benzene rings is 2. The molecule has 2 saturated heterocycles. The third kappa shape index (κ3) is 5.81. The van der Waals surface area contributed by atoms with Crippen LogP contribution in [0.1, 0.15) is 55.1 Å². The van der Waals surface area contributed by atoms with Gasteiger partial charge in [-0.2, -0.15) is 0 Å². The van der Waals surface area contributed by atoms with Gasteiger partial charge in [0.15, 0.2) is 11.5 Å². The van der Waals surface area contributed by atoms with Crippen molar-refractivity contribution in [2.24, 2.45) is 0 Å². The van der Waals surface area contributed by atoms with Crippen molar-refractivity contribution in [3.8, 4) is 17.2 Å². The first-order chi connectivity index (χ1) is 16.6. The fraction of sp³-hybridized carbons (Fsp3) is 0.500. The molecule has 0 aromatic heterocycles. The van der Waals surface area contributed by atoms with E-state index in [-0.39, 0.29) is 24.2 Å². The highest BCUT2D eigenvalue weighted by molar-refractivity contribution is 5.95. The second kappa shape index (κ2) is 11.6. The van der Waals surface area contributed by atoms with Gasteiger partial charge in [0.2, 0.25) is 0 Å². The molecule has 2 heterocycles. The summed E-state index contributed by atoms with van der Waals surface area (Å²) in [5.41, 5.74) is 8.72. The molecule has 2 unspecified atom stereocenters. The quantitative estimate of drug-likeness (QED) is 0.521. The van der Waals surface area contributed by atoms with Crippen LogP contribution in [0.3, 0.4) is 0 Å². The minimum atomic E-state index is -0.0670. The van der Waals surface area contributed by atoms with E-state index >= 15 is 0 Å². The van der Waals surface area contributed by atoms with Crippen LogP contribution in [0, 0.1) is 0 Å². The van der Waals surface area contributed by atoms with Crippen molar-refractivity contribution in [3.05, 3.63) is 53.6 Å². The number of nitrogens with one attached hydrogen (secondary N) is 3. The normalized spacial score (nSPS) is 21.3. The molecule has 2 aromatic rings. The zero-order chi connectivity index (χ0) is 23.9. The van der Waals surface area contributed by atoms with Crippen molar-refractivity contribution in [3.63, 3.8) is 0 Å². The smallest absolute Gasteiger partial charge is 0.251 e. The van der Waals surface area contributed by atoms with Gasteiger partial charge in [-0.05, 0) is 69.0 Å². The molecule has 0 radical (unpaired) electrons. The van der Waals surface area contributed by atoms with Crippen LogP contribution >= 0.6 is 0 Å². The van der Waals surface area contributed by atoms with E-state index in [1.54, 1.807) is 19.2 Å². The van der Waals surface area contributed by atoms with Crippen molar-refractivity contribution >= 4 is 5.91 Å². The zero-order valence-corrected chi connectivity index (χ0v) is 20.3. The molecule has 2 atom stereocenters. The molecule has 1 amide bonds. The molecule has 8 nitrogen and oxygen atoms in total. The summed E-state index contributed by atoms with van der Waals surface area (Å²) in [5, 5.41) is 3.20. The second-order valence-corrected chi connectivity index (χ2v) is 8.68. The predicted molar refractivity (Wildman–Crippen MR) is 131 cm³/mol. The molecule has 34 heavy (non-hydrogen) atoms. The number of likely N-dealkylation sites (tertiary alicyclic amines) is 1. The third-order valence-electron chi connectivity index (χ3n) is 6.51. The standard InChI is InChI=1S/C26H36N4O4/c1-4-33-23-11-8-19(16-24(23)34-5-2)26(31)27-20-12-14-30(15-13-20)25-17-22(28-29-25)18-6-9-21(32-3)10-7-18/h6-11,16,20,22,25,28-29H,4-5,12-15,17H2,1-3H3,(H,27,31). The van der Waals surface area contributed by atoms with E-state index in [0.29, 0.717) is 30.3 Å². The number of nitrogens with zero attached hydrogens (tertiary/aromatic N) is 1. The van der Waals surface area contributed by atoms with Gasteiger partial charge in [-0.1, -0.05) is 12.1 Å². The molecule has 3 N–H and O–H groups in total. The van der Waals surface area contributed by atoms with Crippen molar-refractivity contribution in [1.82, 2.24) is 21.1 Å². The Morgan fingerprint density at radius 1 is 1.00 bits per heavy atom. The molecular weight excluding hydrogens is 432 g/mol. The topological polar surface area (TPSA) is 84.1 Å². The molecule has 2 fully saturated rings. The van der Waals surface area contributed by atoms with E-state index in [0.717, 1.165) is 38.1 Å². The monoisotopic (exact) mass is 468 g/mol. The molecule has 2 aliphatic heterocycles. The van der Waals surface area contributed by atoms with E-state index in [4.69, 9.17) is 14.2 Å². The lowest BCUT2D eigenvalue weighted by atomic mass is 10.0. The van der Waals surface area contributed by atoms with Crippen LogP contribution in [0.15, 0.2) is 42.5 Å². The van der Waals surface area contributed by atoms with Crippen molar-refractivity contribution < 1.29 is 19.0 Å². The Labute approximate surface area is 201 Å². The van der Waals surface area contributed by atoms with Gasteiger partial charge >= 0.3 is 0 Å². The summed E-state index contributed by atoms with van der Waals surface area (Å²) < 4.78 is 16.5. The fourth-order valence-corrected chi connectivity index (χ4v) is 4.65. The van der Waals surface area contributed by atoms with E-state index in [1.807, 2.05) is 32.0 Å². The predicted octanol–water partition coefficient (Wildman–Crippen LogP) is 3.25. The van der Waals surface area contributed by atoms with E-state index in [9.17, 15) is 4.79 Å². The van der Waals surface area contributed by atoms with Crippen molar-refractivity contribution in [2.75, 3.05) is 33.4 Å². The average Bonchev–Trinajstić information content (AvgIpc) is 3.36. The van der Waals surface area contributed by atoms with Gasteiger partial charge < -0.3 is 19.5 Å². The Bertz CT molecular complexity index is 944. The Morgan fingerprint density at radius 2 is 1.71 bits per heavy atom. The van der Waals surface area contributed by atoms with Crippen LogP contribution in [0.5, 0.6) is 17.2 Å². The molecule has 0 spiro atoms. The van der Waals surface area contributed by atoms with E-state index in [2.05, 4.69) is 33.2 Å². The highest BCUT2D eigenvalue weighted by Gasteiger charge is 2.32. The average molecular weight is 469 g/mol. The lowest BCUT2D eigenvalue weighted by molar-refractivity contribution is 0.0879. The zero-order valence-electron chi connectivity index (χ0n) is 20.3. The molecule has 2 aliphatic rings. The number of methoxy groups -OCH3 is 1. The lowest BCUT2D eigenvalue weighted by Gasteiger charge is -2.35. The Balaban J connectivity index is 1.27. The number of ether oxygens (including phenoxy) is 3. The molecule has 0 aliphatic carbocycles. The highest BCUT2D eigenvalue weighted by atomic mass is 16.5. The summed E-state index contributed by atoms with van der Waals surface area (Å²) in [6.45, 7) is 6.80. The summed E-state index contributed by atoms with van der Waals surface area (Å²) >= 11 is 0. The third-order valence-corrected chi connectivity index (χ3v) is 6.51. The first kappa shape index (κ1) is 24.3. The molecule has 184 valence electrons.